The van der Waals surface area contributed by atoms with Crippen molar-refractivity contribution in [1.29, 1.82) is 0 Å². The predicted octanol–water partition coefficient (Wildman–Crippen LogP) is 3.10. The van der Waals surface area contributed by atoms with Crippen LogP contribution in [-0.4, -0.2) is 23.8 Å². The predicted molar refractivity (Wildman–Crippen MR) is 69.1 cm³/mol. The molecule has 1 aromatic rings. The second-order valence-corrected chi connectivity index (χ2v) is 4.74. The molecule has 0 aromatic heterocycles. The van der Waals surface area contributed by atoms with E-state index in [1.165, 1.54) is 7.11 Å². The van der Waals surface area contributed by atoms with Crippen LogP contribution in [0.25, 0.3) is 0 Å². The fourth-order valence-corrected chi connectivity index (χ4v) is 1.39. The topological polar surface area (TPSA) is 55.8 Å². The maximum Gasteiger partial charge on any atom is 0.339 e. The Balaban J connectivity index is 2.86. The molecule has 18 heavy (non-hydrogen) atoms. The highest BCUT2D eigenvalue weighted by molar-refractivity contribution is 5.91. The van der Waals surface area contributed by atoms with Gasteiger partial charge >= 0.3 is 5.97 Å². The number of ether oxygens (including phenoxy) is 2. The van der Waals surface area contributed by atoms with Gasteiger partial charge in [-0.1, -0.05) is 13.0 Å². The lowest BCUT2D eigenvalue weighted by molar-refractivity contribution is -0.0316. The summed E-state index contributed by atoms with van der Waals surface area (Å²) in [6.07, 6.45) is 0.898. The summed E-state index contributed by atoms with van der Waals surface area (Å²) in [5.41, 5.74) is 0.784. The third-order valence-corrected chi connectivity index (χ3v) is 2.98. The Labute approximate surface area is 108 Å². The van der Waals surface area contributed by atoms with Gasteiger partial charge in [0.05, 0.1) is 19.3 Å². The largest absolute Gasteiger partial charge is 0.496 e. The van der Waals surface area contributed by atoms with Crippen LogP contribution in [0.4, 0.5) is 0 Å². The summed E-state index contributed by atoms with van der Waals surface area (Å²) >= 11 is 0. The minimum atomic E-state index is -0.997. The molecule has 0 bridgehead atoms. The average Bonchev–Trinajstić information content (AvgIpc) is 2.36. The van der Waals surface area contributed by atoms with Crippen molar-refractivity contribution in [3.63, 3.8) is 0 Å². The Morgan fingerprint density at radius 2 is 2.06 bits per heavy atom. The molecule has 0 spiro atoms. The van der Waals surface area contributed by atoms with Gasteiger partial charge in [0.25, 0.3) is 0 Å². The number of rotatable bonds is 6. The molecule has 0 heterocycles. The van der Waals surface area contributed by atoms with Crippen LogP contribution in [0.3, 0.4) is 0 Å². The van der Waals surface area contributed by atoms with Gasteiger partial charge in [0.15, 0.2) is 0 Å². The van der Waals surface area contributed by atoms with Crippen LogP contribution in [0.5, 0.6) is 5.75 Å². The third-order valence-electron chi connectivity index (χ3n) is 2.98. The third kappa shape index (κ3) is 3.74. The van der Waals surface area contributed by atoms with Crippen molar-refractivity contribution in [2.45, 2.75) is 39.4 Å². The SMILES string of the molecule is CCC(C)(C)OCc1ccc(OC)c(C(=O)O)c1. The molecule has 1 rings (SSSR count). The van der Waals surface area contributed by atoms with E-state index in [2.05, 4.69) is 6.92 Å². The fourth-order valence-electron chi connectivity index (χ4n) is 1.39. The second-order valence-electron chi connectivity index (χ2n) is 4.74. The van der Waals surface area contributed by atoms with Gasteiger partial charge in [-0.3, -0.25) is 0 Å². The van der Waals surface area contributed by atoms with Crippen LogP contribution in [0.2, 0.25) is 0 Å². The second kappa shape index (κ2) is 5.87. The molecule has 0 aliphatic carbocycles. The quantitative estimate of drug-likeness (QED) is 0.845. The van der Waals surface area contributed by atoms with Gasteiger partial charge in [0.2, 0.25) is 0 Å². The zero-order valence-electron chi connectivity index (χ0n) is 11.3. The summed E-state index contributed by atoms with van der Waals surface area (Å²) in [5.74, 6) is -0.635. The highest BCUT2D eigenvalue weighted by Gasteiger charge is 2.16. The highest BCUT2D eigenvalue weighted by atomic mass is 16.5. The van der Waals surface area contributed by atoms with Crippen molar-refractivity contribution in [3.05, 3.63) is 29.3 Å². The standard InChI is InChI=1S/C14H20O4/c1-5-14(2,3)18-9-10-6-7-12(17-4)11(8-10)13(15)16/h6-8H,5,9H2,1-4H3,(H,15,16). The lowest BCUT2D eigenvalue weighted by Gasteiger charge is -2.23. The highest BCUT2D eigenvalue weighted by Crippen LogP contribution is 2.22. The molecule has 0 fully saturated rings. The Bertz CT molecular complexity index is 424. The summed E-state index contributed by atoms with van der Waals surface area (Å²) in [4.78, 5) is 11.1. The molecule has 0 saturated heterocycles. The van der Waals surface area contributed by atoms with Crippen LogP contribution in [0, 0.1) is 0 Å². The lowest BCUT2D eigenvalue weighted by atomic mass is 10.1. The maximum atomic E-state index is 11.1. The van der Waals surface area contributed by atoms with Crippen LogP contribution < -0.4 is 4.74 Å². The van der Waals surface area contributed by atoms with Crippen molar-refractivity contribution < 1.29 is 19.4 Å². The van der Waals surface area contributed by atoms with Crippen molar-refractivity contribution in [1.82, 2.24) is 0 Å². The molecule has 4 heteroatoms. The van der Waals surface area contributed by atoms with E-state index < -0.39 is 5.97 Å². The summed E-state index contributed by atoms with van der Waals surface area (Å²) in [6.45, 7) is 6.46. The van der Waals surface area contributed by atoms with Gasteiger partial charge in [-0.25, -0.2) is 4.79 Å². The summed E-state index contributed by atoms with van der Waals surface area (Å²) in [6, 6.07) is 5.06. The smallest absolute Gasteiger partial charge is 0.339 e. The molecule has 0 unspecified atom stereocenters. The van der Waals surface area contributed by atoms with Crippen molar-refractivity contribution >= 4 is 5.97 Å². The molecular weight excluding hydrogens is 232 g/mol. The number of aromatic carboxylic acids is 1. The minimum Gasteiger partial charge on any atom is -0.496 e. The van der Waals surface area contributed by atoms with E-state index in [4.69, 9.17) is 14.6 Å². The Morgan fingerprint density at radius 1 is 1.39 bits per heavy atom. The van der Waals surface area contributed by atoms with Gasteiger partial charge < -0.3 is 14.6 Å². The van der Waals surface area contributed by atoms with Crippen LogP contribution in [-0.2, 0) is 11.3 Å². The monoisotopic (exact) mass is 252 g/mol. The summed E-state index contributed by atoms with van der Waals surface area (Å²) < 4.78 is 10.7. The molecule has 4 nitrogen and oxygen atoms in total. The number of hydrogen-bond acceptors (Lipinski definition) is 3. The van der Waals surface area contributed by atoms with E-state index in [1.807, 2.05) is 19.9 Å². The Morgan fingerprint density at radius 3 is 2.56 bits per heavy atom. The molecule has 0 radical (unpaired) electrons. The Hall–Kier alpha value is -1.55. The van der Waals surface area contributed by atoms with E-state index in [0.717, 1.165) is 12.0 Å². The number of carbonyl (C=O) groups is 1. The number of benzene rings is 1. The number of hydrogen-bond donors (Lipinski definition) is 1. The molecule has 0 aliphatic rings. The van der Waals surface area contributed by atoms with Gasteiger partial charge in [0, 0.05) is 0 Å². The molecule has 1 aromatic carbocycles. The first-order valence-corrected chi connectivity index (χ1v) is 5.94. The first-order chi connectivity index (χ1) is 8.39. The van der Waals surface area contributed by atoms with Gasteiger partial charge in [0.1, 0.15) is 11.3 Å². The summed E-state index contributed by atoms with van der Waals surface area (Å²) in [5, 5.41) is 9.07. The van der Waals surface area contributed by atoms with Crippen molar-refractivity contribution in [2.75, 3.05) is 7.11 Å². The van der Waals surface area contributed by atoms with Gasteiger partial charge in [-0.2, -0.15) is 0 Å². The number of carboxylic acids is 1. The number of methoxy groups -OCH3 is 1. The number of carboxylic acid groups (broad SMARTS) is 1. The summed E-state index contributed by atoms with van der Waals surface area (Å²) in [7, 11) is 1.46. The van der Waals surface area contributed by atoms with E-state index in [9.17, 15) is 4.79 Å². The minimum absolute atomic E-state index is 0.160. The van der Waals surface area contributed by atoms with Crippen molar-refractivity contribution in [2.24, 2.45) is 0 Å². The van der Waals surface area contributed by atoms with E-state index in [1.54, 1.807) is 12.1 Å². The first kappa shape index (κ1) is 14.5. The zero-order chi connectivity index (χ0) is 13.8. The molecule has 0 aliphatic heterocycles. The normalized spacial score (nSPS) is 11.3. The maximum absolute atomic E-state index is 11.1. The van der Waals surface area contributed by atoms with E-state index in [0.29, 0.717) is 12.4 Å². The van der Waals surface area contributed by atoms with Crippen LogP contribution in [0.15, 0.2) is 18.2 Å². The van der Waals surface area contributed by atoms with Gasteiger partial charge in [-0.15, -0.1) is 0 Å². The van der Waals surface area contributed by atoms with E-state index in [-0.39, 0.29) is 11.2 Å². The lowest BCUT2D eigenvalue weighted by Crippen LogP contribution is -2.22. The molecule has 0 saturated carbocycles. The van der Waals surface area contributed by atoms with Crippen molar-refractivity contribution in [3.8, 4) is 5.75 Å². The molecule has 1 N–H and O–H groups in total. The fraction of sp³-hybridized carbons (Fsp3) is 0.500. The van der Waals surface area contributed by atoms with Crippen LogP contribution >= 0.6 is 0 Å². The van der Waals surface area contributed by atoms with E-state index >= 15 is 0 Å². The molecule has 0 atom stereocenters. The average molecular weight is 252 g/mol. The molecule has 100 valence electrons. The Kier molecular flexibility index (Phi) is 4.73. The zero-order valence-corrected chi connectivity index (χ0v) is 11.3. The first-order valence-electron chi connectivity index (χ1n) is 5.94. The van der Waals surface area contributed by atoms with Crippen LogP contribution in [0.1, 0.15) is 43.1 Å². The molecular formula is C14H20O4. The molecule has 0 amide bonds. The van der Waals surface area contributed by atoms with Gasteiger partial charge in [-0.05, 0) is 38.0 Å².